The molecule has 1 fully saturated rings. The molecule has 196 valence electrons. The highest BCUT2D eigenvalue weighted by molar-refractivity contribution is 6.31. The molecule has 37 heavy (non-hydrogen) atoms. The number of aromatic nitrogens is 1. The lowest BCUT2D eigenvalue weighted by Gasteiger charge is -2.37. The summed E-state index contributed by atoms with van der Waals surface area (Å²) in [5.41, 5.74) is 2.11. The third-order valence-electron chi connectivity index (χ3n) is 7.49. The van der Waals surface area contributed by atoms with Gasteiger partial charge < -0.3 is 15.0 Å². The first-order valence-electron chi connectivity index (χ1n) is 12.6. The molecule has 5 nitrogen and oxygen atoms in total. The summed E-state index contributed by atoms with van der Waals surface area (Å²) in [5, 5.41) is 4.18. The molecule has 5 rings (SSSR count). The number of carbonyl (C=O) groups is 1. The number of hydrogen-bond donors (Lipinski definition) is 1. The molecule has 2 heterocycles. The van der Waals surface area contributed by atoms with Gasteiger partial charge in [-0.15, -0.1) is 0 Å². The molecule has 9 heteroatoms. The van der Waals surface area contributed by atoms with E-state index in [1.807, 2.05) is 30.1 Å². The summed E-state index contributed by atoms with van der Waals surface area (Å²) in [6.45, 7) is 0.608. The maximum atomic E-state index is 13.5. The van der Waals surface area contributed by atoms with Crippen molar-refractivity contribution in [1.29, 1.82) is 0 Å². The van der Waals surface area contributed by atoms with E-state index in [2.05, 4.69) is 16.4 Å². The Hall–Kier alpha value is -2.84. The van der Waals surface area contributed by atoms with Crippen LogP contribution in [0.15, 0.2) is 48.5 Å². The molecule has 0 spiro atoms. The van der Waals surface area contributed by atoms with Gasteiger partial charge in [-0.25, -0.2) is 4.98 Å². The van der Waals surface area contributed by atoms with Gasteiger partial charge in [0, 0.05) is 35.2 Å². The van der Waals surface area contributed by atoms with Crippen molar-refractivity contribution >= 4 is 34.1 Å². The molecule has 1 aromatic heterocycles. The van der Waals surface area contributed by atoms with Crippen LogP contribution in [0.2, 0.25) is 5.02 Å². The number of fused-ring (bicyclic) bond motifs is 2. The minimum Gasteiger partial charge on any atom is -0.373 e. The molecule has 0 radical (unpaired) electrons. The van der Waals surface area contributed by atoms with Crippen LogP contribution in [0, 0.1) is 0 Å². The number of carbonyl (C=O) groups excluding carboxylic acids is 1. The average molecular weight is 532 g/mol. The number of amides is 1. The van der Waals surface area contributed by atoms with Crippen LogP contribution in [-0.2, 0) is 22.1 Å². The van der Waals surface area contributed by atoms with E-state index in [0.29, 0.717) is 22.7 Å². The van der Waals surface area contributed by atoms with Gasteiger partial charge in [0.15, 0.2) is 0 Å². The zero-order chi connectivity index (χ0) is 26.2. The van der Waals surface area contributed by atoms with Gasteiger partial charge in [-0.2, -0.15) is 13.2 Å². The van der Waals surface area contributed by atoms with Gasteiger partial charge in [0.2, 0.25) is 5.91 Å². The van der Waals surface area contributed by atoms with Crippen LogP contribution >= 0.6 is 11.6 Å². The number of ether oxygens (including phenoxy) is 1. The number of halogens is 4. The summed E-state index contributed by atoms with van der Waals surface area (Å²) in [6, 6.07) is 14.0. The molecule has 2 aliphatic rings. The minimum absolute atomic E-state index is 0.0327. The number of nitrogens with one attached hydrogen (secondary N) is 1. The predicted molar refractivity (Wildman–Crippen MR) is 138 cm³/mol. The SMILES string of the molecule is CN(c1cc(C(F)(F)F)nc2ccc(Cl)cc12)C1CCC(NC(=O)CC2OCCc3ccccc32)CC1. The normalized spacial score (nSPS) is 21.9. The maximum Gasteiger partial charge on any atom is 0.433 e. The van der Waals surface area contributed by atoms with Crippen LogP contribution in [0.1, 0.15) is 55.0 Å². The third-order valence-corrected chi connectivity index (χ3v) is 7.73. The van der Waals surface area contributed by atoms with Crippen LogP contribution in [0.3, 0.4) is 0 Å². The molecular formula is C28H29ClF3N3O2. The smallest absolute Gasteiger partial charge is 0.373 e. The summed E-state index contributed by atoms with van der Waals surface area (Å²) in [6.07, 6.45) is -0.657. The molecule has 1 aliphatic carbocycles. The Morgan fingerprint density at radius 1 is 1.14 bits per heavy atom. The van der Waals surface area contributed by atoms with Crippen LogP contribution in [0.4, 0.5) is 18.9 Å². The molecule has 1 N–H and O–H groups in total. The number of alkyl halides is 3. The molecule has 2 aromatic carbocycles. The second-order valence-electron chi connectivity index (χ2n) is 9.88. The van der Waals surface area contributed by atoms with Crippen molar-refractivity contribution in [2.75, 3.05) is 18.6 Å². The van der Waals surface area contributed by atoms with Crippen molar-refractivity contribution in [1.82, 2.24) is 10.3 Å². The molecule has 0 bridgehead atoms. The number of benzene rings is 2. The lowest BCUT2D eigenvalue weighted by Crippen LogP contribution is -2.43. The summed E-state index contributed by atoms with van der Waals surface area (Å²) < 4.78 is 46.5. The highest BCUT2D eigenvalue weighted by atomic mass is 35.5. The Kier molecular flexibility index (Phi) is 7.32. The van der Waals surface area contributed by atoms with Crippen LogP contribution in [0.25, 0.3) is 10.9 Å². The Morgan fingerprint density at radius 2 is 1.89 bits per heavy atom. The number of nitrogens with zero attached hydrogens (tertiary/aromatic N) is 2. The zero-order valence-electron chi connectivity index (χ0n) is 20.5. The Morgan fingerprint density at radius 3 is 2.65 bits per heavy atom. The molecule has 3 aromatic rings. The Bertz CT molecular complexity index is 1290. The lowest BCUT2D eigenvalue weighted by molar-refractivity contribution is -0.141. The summed E-state index contributed by atoms with van der Waals surface area (Å²) >= 11 is 6.16. The first kappa shape index (κ1) is 25.8. The first-order valence-corrected chi connectivity index (χ1v) is 13.0. The minimum atomic E-state index is -4.55. The van der Waals surface area contributed by atoms with Gasteiger partial charge in [0.05, 0.1) is 24.6 Å². The lowest BCUT2D eigenvalue weighted by atomic mass is 9.89. The van der Waals surface area contributed by atoms with E-state index >= 15 is 0 Å². The van der Waals surface area contributed by atoms with E-state index in [1.165, 1.54) is 11.6 Å². The van der Waals surface area contributed by atoms with Crippen LogP contribution in [-0.4, -0.2) is 36.6 Å². The van der Waals surface area contributed by atoms with Crippen molar-refractivity contribution in [2.24, 2.45) is 0 Å². The fraction of sp³-hybridized carbons (Fsp3) is 0.429. The molecule has 1 aliphatic heterocycles. The molecule has 0 saturated heterocycles. The summed E-state index contributed by atoms with van der Waals surface area (Å²) in [4.78, 5) is 18.5. The van der Waals surface area contributed by atoms with E-state index in [0.717, 1.165) is 43.7 Å². The maximum absolute atomic E-state index is 13.5. The van der Waals surface area contributed by atoms with Gasteiger partial charge in [0.25, 0.3) is 0 Å². The van der Waals surface area contributed by atoms with E-state index in [4.69, 9.17) is 16.3 Å². The molecule has 1 atom stereocenters. The van der Waals surface area contributed by atoms with Crippen molar-refractivity contribution in [3.05, 3.63) is 70.4 Å². The number of pyridine rings is 1. The molecule has 1 unspecified atom stereocenters. The number of anilines is 1. The monoisotopic (exact) mass is 531 g/mol. The molecule has 1 amide bonds. The largest absolute Gasteiger partial charge is 0.433 e. The van der Waals surface area contributed by atoms with Gasteiger partial charge in [-0.3, -0.25) is 4.79 Å². The highest BCUT2D eigenvalue weighted by Crippen LogP contribution is 2.37. The molecule has 1 saturated carbocycles. The third kappa shape index (κ3) is 5.70. The van der Waals surface area contributed by atoms with Gasteiger partial charge in [-0.05, 0) is 67.5 Å². The summed E-state index contributed by atoms with van der Waals surface area (Å²) in [7, 11) is 1.82. The standard InChI is InChI=1S/C28H29ClF3N3O2/c1-35(24-15-26(28(30,31)32)34-23-11-6-18(29)14-22(23)24)20-9-7-19(8-10-20)33-27(36)16-25-21-5-3-2-4-17(21)12-13-37-25/h2-6,11,14-15,19-20,25H,7-10,12-13,16H2,1H3,(H,33,36). The van der Waals surface area contributed by atoms with Gasteiger partial charge in [0.1, 0.15) is 5.69 Å². The predicted octanol–water partition coefficient (Wildman–Crippen LogP) is 6.47. The molecular weight excluding hydrogens is 503 g/mol. The van der Waals surface area contributed by atoms with E-state index in [9.17, 15) is 18.0 Å². The topological polar surface area (TPSA) is 54.5 Å². The fourth-order valence-electron chi connectivity index (χ4n) is 5.52. The fourth-order valence-corrected chi connectivity index (χ4v) is 5.69. The van der Waals surface area contributed by atoms with Crippen molar-refractivity contribution < 1.29 is 22.7 Å². The second-order valence-corrected chi connectivity index (χ2v) is 10.3. The van der Waals surface area contributed by atoms with E-state index in [-0.39, 0.29) is 36.0 Å². The van der Waals surface area contributed by atoms with Gasteiger partial charge >= 0.3 is 6.18 Å². The van der Waals surface area contributed by atoms with Crippen molar-refractivity contribution in [3.63, 3.8) is 0 Å². The Balaban J connectivity index is 1.23. The van der Waals surface area contributed by atoms with Crippen molar-refractivity contribution in [3.8, 4) is 0 Å². The van der Waals surface area contributed by atoms with E-state index in [1.54, 1.807) is 12.1 Å². The summed E-state index contributed by atoms with van der Waals surface area (Å²) in [5.74, 6) is -0.0388. The zero-order valence-corrected chi connectivity index (χ0v) is 21.3. The first-order chi connectivity index (χ1) is 17.7. The van der Waals surface area contributed by atoms with Gasteiger partial charge in [-0.1, -0.05) is 35.9 Å². The van der Waals surface area contributed by atoms with Crippen LogP contribution < -0.4 is 10.2 Å². The average Bonchev–Trinajstić information content (AvgIpc) is 2.88. The van der Waals surface area contributed by atoms with Crippen LogP contribution in [0.5, 0.6) is 0 Å². The number of hydrogen-bond acceptors (Lipinski definition) is 4. The van der Waals surface area contributed by atoms with E-state index < -0.39 is 11.9 Å². The van der Waals surface area contributed by atoms with Crippen molar-refractivity contribution in [2.45, 2.75) is 62.9 Å². The number of rotatable bonds is 5. The quantitative estimate of drug-likeness (QED) is 0.410. The second kappa shape index (κ2) is 10.5. The highest BCUT2D eigenvalue weighted by Gasteiger charge is 2.35. The Labute approximate surface area is 219 Å².